The number of para-hydroxylation sites is 1. The Balaban J connectivity index is 0.00000157. The van der Waals surface area contributed by atoms with E-state index in [1.807, 2.05) is 0 Å². The summed E-state index contributed by atoms with van der Waals surface area (Å²) in [5.74, 6) is 1.39. The van der Waals surface area contributed by atoms with Crippen molar-refractivity contribution in [3.63, 3.8) is 0 Å². The van der Waals surface area contributed by atoms with Crippen LogP contribution in [-0.4, -0.2) is 29.0 Å². The van der Waals surface area contributed by atoms with Crippen LogP contribution in [0, 0.1) is 5.92 Å². The topological polar surface area (TPSA) is 19.0 Å². The number of halogens is 1. The molecule has 1 aromatic heterocycles. The van der Waals surface area contributed by atoms with Gasteiger partial charge >= 0.3 is 0 Å². The first-order valence-corrected chi connectivity index (χ1v) is 9.25. The SMILES string of the molecule is Cl.c1ccc(C(c2c[nH]c3ccccc23)C2CC3CCN2CC3)cc1. The van der Waals surface area contributed by atoms with Gasteiger partial charge in [-0.2, -0.15) is 0 Å². The number of H-pyrrole nitrogens is 1. The van der Waals surface area contributed by atoms with Gasteiger partial charge in [0, 0.05) is 29.1 Å². The van der Waals surface area contributed by atoms with Crippen molar-refractivity contribution in [2.24, 2.45) is 5.92 Å². The van der Waals surface area contributed by atoms with Crippen molar-refractivity contribution in [1.82, 2.24) is 9.88 Å². The van der Waals surface area contributed by atoms with Gasteiger partial charge in [0.15, 0.2) is 0 Å². The van der Waals surface area contributed by atoms with E-state index in [1.165, 1.54) is 54.4 Å². The minimum absolute atomic E-state index is 0. The van der Waals surface area contributed by atoms with E-state index in [2.05, 4.69) is 70.7 Å². The Labute approximate surface area is 155 Å². The lowest BCUT2D eigenvalue weighted by Crippen LogP contribution is -2.51. The van der Waals surface area contributed by atoms with E-state index >= 15 is 0 Å². The van der Waals surface area contributed by atoms with Crippen molar-refractivity contribution in [2.45, 2.75) is 31.2 Å². The zero-order valence-corrected chi connectivity index (χ0v) is 15.2. The number of hydrogen-bond acceptors (Lipinski definition) is 1. The molecule has 3 saturated heterocycles. The van der Waals surface area contributed by atoms with Gasteiger partial charge in [0.25, 0.3) is 0 Å². The van der Waals surface area contributed by atoms with Gasteiger partial charge in [-0.15, -0.1) is 12.4 Å². The van der Waals surface area contributed by atoms with E-state index in [0.29, 0.717) is 12.0 Å². The summed E-state index contributed by atoms with van der Waals surface area (Å²) in [6, 6.07) is 20.5. The van der Waals surface area contributed by atoms with Gasteiger partial charge in [-0.25, -0.2) is 0 Å². The number of benzene rings is 2. The van der Waals surface area contributed by atoms with Gasteiger partial charge in [0.2, 0.25) is 0 Å². The van der Waals surface area contributed by atoms with Crippen molar-refractivity contribution in [3.05, 3.63) is 71.9 Å². The maximum absolute atomic E-state index is 3.50. The second-order valence-electron chi connectivity index (χ2n) is 7.46. The van der Waals surface area contributed by atoms with E-state index in [1.54, 1.807) is 0 Å². The molecule has 6 rings (SSSR count). The molecule has 3 fully saturated rings. The Hall–Kier alpha value is -1.77. The third-order valence-electron chi connectivity index (χ3n) is 6.19. The van der Waals surface area contributed by atoms with E-state index in [-0.39, 0.29) is 12.4 Å². The quantitative estimate of drug-likeness (QED) is 0.685. The highest BCUT2D eigenvalue weighted by Gasteiger charge is 2.39. The molecular weight excluding hydrogens is 328 g/mol. The fraction of sp³-hybridized carbons (Fsp3) is 0.364. The van der Waals surface area contributed by atoms with E-state index < -0.39 is 0 Å². The highest BCUT2D eigenvalue weighted by Crippen LogP contribution is 2.43. The smallest absolute Gasteiger partial charge is 0.0457 e. The zero-order chi connectivity index (χ0) is 15.9. The number of hydrogen-bond donors (Lipinski definition) is 1. The molecule has 2 aromatic carbocycles. The fourth-order valence-corrected chi connectivity index (χ4v) is 4.98. The molecule has 2 nitrogen and oxygen atoms in total. The molecule has 25 heavy (non-hydrogen) atoms. The molecular formula is C22H25ClN2. The largest absolute Gasteiger partial charge is 0.361 e. The van der Waals surface area contributed by atoms with Crippen LogP contribution in [0.3, 0.4) is 0 Å². The van der Waals surface area contributed by atoms with E-state index in [9.17, 15) is 0 Å². The summed E-state index contributed by atoms with van der Waals surface area (Å²) in [5, 5.41) is 1.38. The number of aromatic nitrogens is 1. The lowest BCUT2D eigenvalue weighted by molar-refractivity contribution is 0.0413. The molecule has 0 saturated carbocycles. The molecule has 3 heteroatoms. The predicted molar refractivity (Wildman–Crippen MR) is 107 cm³/mol. The first-order chi connectivity index (χ1) is 11.9. The fourth-order valence-electron chi connectivity index (χ4n) is 4.98. The maximum Gasteiger partial charge on any atom is 0.0457 e. The van der Waals surface area contributed by atoms with Crippen LogP contribution in [0.5, 0.6) is 0 Å². The van der Waals surface area contributed by atoms with Gasteiger partial charge in [-0.3, -0.25) is 4.90 Å². The normalized spacial score (nSPS) is 26.3. The highest BCUT2D eigenvalue weighted by molar-refractivity contribution is 5.85. The molecule has 1 N–H and O–H groups in total. The number of aromatic amines is 1. The van der Waals surface area contributed by atoms with Crippen molar-refractivity contribution < 1.29 is 0 Å². The van der Waals surface area contributed by atoms with Crippen LogP contribution in [0.4, 0.5) is 0 Å². The first kappa shape index (κ1) is 16.7. The summed E-state index contributed by atoms with van der Waals surface area (Å²) in [7, 11) is 0. The Morgan fingerprint density at radius 3 is 2.36 bits per heavy atom. The minimum atomic E-state index is 0. The van der Waals surface area contributed by atoms with Crippen molar-refractivity contribution in [1.29, 1.82) is 0 Å². The molecule has 2 bridgehead atoms. The van der Waals surface area contributed by atoms with Gasteiger partial charge < -0.3 is 4.98 Å². The minimum Gasteiger partial charge on any atom is -0.361 e. The predicted octanol–water partition coefficient (Wildman–Crippen LogP) is 5.21. The van der Waals surface area contributed by atoms with Gasteiger partial charge in [-0.05, 0) is 55.5 Å². The Morgan fingerprint density at radius 2 is 1.64 bits per heavy atom. The number of piperidine rings is 3. The highest BCUT2D eigenvalue weighted by atomic mass is 35.5. The second kappa shape index (κ2) is 6.86. The van der Waals surface area contributed by atoms with Crippen LogP contribution < -0.4 is 0 Å². The monoisotopic (exact) mass is 352 g/mol. The lowest BCUT2D eigenvalue weighted by atomic mass is 9.74. The average molecular weight is 353 g/mol. The lowest BCUT2D eigenvalue weighted by Gasteiger charge is -2.48. The summed E-state index contributed by atoms with van der Waals surface area (Å²) in [5.41, 5.74) is 4.18. The number of fused-ring (bicyclic) bond motifs is 4. The molecule has 0 radical (unpaired) electrons. The van der Waals surface area contributed by atoms with Crippen LogP contribution in [0.15, 0.2) is 60.8 Å². The van der Waals surface area contributed by atoms with Gasteiger partial charge in [-0.1, -0.05) is 48.5 Å². The summed E-state index contributed by atoms with van der Waals surface area (Å²) < 4.78 is 0. The third kappa shape index (κ3) is 2.88. The van der Waals surface area contributed by atoms with Crippen LogP contribution in [-0.2, 0) is 0 Å². The van der Waals surface area contributed by atoms with Crippen molar-refractivity contribution in [3.8, 4) is 0 Å². The molecule has 0 aliphatic carbocycles. The molecule has 130 valence electrons. The van der Waals surface area contributed by atoms with Crippen LogP contribution in [0.2, 0.25) is 0 Å². The maximum atomic E-state index is 3.50. The molecule has 2 atom stereocenters. The third-order valence-corrected chi connectivity index (χ3v) is 6.19. The van der Waals surface area contributed by atoms with E-state index in [4.69, 9.17) is 0 Å². The molecule has 3 aliphatic heterocycles. The average Bonchev–Trinajstić information content (AvgIpc) is 3.08. The standard InChI is InChI=1S/C22H24N2.ClH/c1-2-6-17(7-3-1)22(21-14-16-10-12-24(21)13-11-16)19-15-23-20-9-5-4-8-18(19)20;/h1-9,15-16,21-23H,10-14H2;1H. The summed E-state index contributed by atoms with van der Waals surface area (Å²) in [4.78, 5) is 6.25. The Bertz CT molecular complexity index is 833. The summed E-state index contributed by atoms with van der Waals surface area (Å²) in [6.45, 7) is 2.56. The molecule has 0 spiro atoms. The van der Waals surface area contributed by atoms with Crippen molar-refractivity contribution in [2.75, 3.05) is 13.1 Å². The van der Waals surface area contributed by atoms with Crippen LogP contribution in [0.1, 0.15) is 36.3 Å². The number of rotatable bonds is 3. The first-order valence-electron chi connectivity index (χ1n) is 9.25. The van der Waals surface area contributed by atoms with Crippen LogP contribution >= 0.6 is 12.4 Å². The Kier molecular flexibility index (Phi) is 4.58. The molecule has 2 unspecified atom stereocenters. The second-order valence-corrected chi connectivity index (χ2v) is 7.46. The molecule has 0 amide bonds. The van der Waals surface area contributed by atoms with Gasteiger partial charge in [0.1, 0.15) is 0 Å². The van der Waals surface area contributed by atoms with Crippen molar-refractivity contribution >= 4 is 23.3 Å². The molecule has 3 aliphatic rings. The zero-order valence-electron chi connectivity index (χ0n) is 14.4. The summed E-state index contributed by atoms with van der Waals surface area (Å²) >= 11 is 0. The van der Waals surface area contributed by atoms with E-state index in [0.717, 1.165) is 5.92 Å². The van der Waals surface area contributed by atoms with Crippen LogP contribution in [0.25, 0.3) is 10.9 Å². The Morgan fingerprint density at radius 1 is 0.920 bits per heavy atom. The number of nitrogens with zero attached hydrogens (tertiary/aromatic N) is 1. The number of nitrogens with one attached hydrogen (secondary N) is 1. The van der Waals surface area contributed by atoms with Gasteiger partial charge in [0.05, 0.1) is 0 Å². The molecule has 4 heterocycles. The molecule has 3 aromatic rings. The summed E-state index contributed by atoms with van der Waals surface area (Å²) in [6.07, 6.45) is 6.39.